The van der Waals surface area contributed by atoms with E-state index in [0.29, 0.717) is 42.3 Å². The fourth-order valence-electron chi connectivity index (χ4n) is 8.38. The van der Waals surface area contributed by atoms with Crippen LogP contribution in [0.1, 0.15) is 94.4 Å². The Bertz CT molecular complexity index is 2140. The first-order valence-corrected chi connectivity index (χ1v) is 22.5. The molecule has 342 valence electrons. The Balaban J connectivity index is 1.13. The summed E-state index contributed by atoms with van der Waals surface area (Å²) in [5, 5.41) is 3.37. The summed E-state index contributed by atoms with van der Waals surface area (Å²) in [6, 6.07) is 13.8. The Morgan fingerprint density at radius 2 is 1.56 bits per heavy atom. The van der Waals surface area contributed by atoms with Crippen molar-refractivity contribution in [2.75, 3.05) is 26.0 Å². The summed E-state index contributed by atoms with van der Waals surface area (Å²) < 4.78 is 70.7. The summed E-state index contributed by atoms with van der Waals surface area (Å²) in [6.45, 7) is 12.3. The van der Waals surface area contributed by atoms with Gasteiger partial charge in [-0.25, -0.2) is 13.6 Å². The van der Waals surface area contributed by atoms with Crippen molar-refractivity contribution in [3.05, 3.63) is 99.1 Å². The first kappa shape index (κ1) is 48.0. The molecule has 13 nitrogen and oxygen atoms in total. The standard InChI is InChI=1S/C46H55ClF2N2O11S/c1-24-17-36(47)29(19-34(24)40-41(57-25(2)52)42(58-26(3)53)43(59-27(4)54)44(61-40)63-8)18-28-9-12-32(13-10-28)60-33-15-16-51(22-33)31-21-38(50-45(55)62-46(5,6)7)39(56-23-31)35-20-30(48)11-14-37(35)49/h9-14,17,19-20,31,33,38-44H,15-16,18,21-23H2,1-8H3,(H,50,55)/t31-,33-,38+,39-,40+,41+,42-,43+,44-/m1/s1. The number of halogens is 3. The van der Waals surface area contributed by atoms with E-state index in [1.54, 1.807) is 27.0 Å². The Kier molecular flexibility index (Phi) is 15.7. The molecule has 3 aromatic rings. The van der Waals surface area contributed by atoms with E-state index in [9.17, 15) is 28.0 Å². The fourth-order valence-corrected chi connectivity index (χ4v) is 9.37. The van der Waals surface area contributed by atoms with Crippen LogP contribution in [0.2, 0.25) is 5.02 Å². The highest BCUT2D eigenvalue weighted by Crippen LogP contribution is 2.43. The lowest BCUT2D eigenvalue weighted by Crippen LogP contribution is -2.57. The van der Waals surface area contributed by atoms with E-state index in [1.165, 1.54) is 32.5 Å². The molecule has 0 aliphatic carbocycles. The van der Waals surface area contributed by atoms with Crippen LogP contribution >= 0.6 is 23.4 Å². The maximum Gasteiger partial charge on any atom is 0.407 e. The normalized spacial score (nSPS) is 26.4. The highest BCUT2D eigenvalue weighted by atomic mass is 35.5. The van der Waals surface area contributed by atoms with Crippen LogP contribution in [-0.4, -0.2) is 102 Å². The van der Waals surface area contributed by atoms with Crippen molar-refractivity contribution >= 4 is 47.4 Å². The smallest absolute Gasteiger partial charge is 0.407 e. The van der Waals surface area contributed by atoms with Gasteiger partial charge in [-0.05, 0) is 112 Å². The molecule has 3 aliphatic heterocycles. The highest BCUT2D eigenvalue weighted by molar-refractivity contribution is 7.99. The number of likely N-dealkylation sites (tertiary alicyclic amines) is 1. The van der Waals surface area contributed by atoms with E-state index in [1.807, 2.05) is 43.3 Å². The predicted octanol–water partition coefficient (Wildman–Crippen LogP) is 7.95. The van der Waals surface area contributed by atoms with E-state index in [-0.39, 0.29) is 24.3 Å². The van der Waals surface area contributed by atoms with E-state index < -0.39 is 83.2 Å². The van der Waals surface area contributed by atoms with Crippen LogP contribution in [0.25, 0.3) is 0 Å². The summed E-state index contributed by atoms with van der Waals surface area (Å²) in [5.41, 5.74) is 1.64. The number of carbonyl (C=O) groups is 4. The van der Waals surface area contributed by atoms with Crippen molar-refractivity contribution in [3.63, 3.8) is 0 Å². The molecule has 0 unspecified atom stereocenters. The minimum atomic E-state index is -1.15. The molecule has 0 spiro atoms. The molecule has 3 aliphatic rings. The van der Waals surface area contributed by atoms with Crippen molar-refractivity contribution in [1.82, 2.24) is 10.2 Å². The Morgan fingerprint density at radius 3 is 2.21 bits per heavy atom. The molecule has 9 atom stereocenters. The zero-order chi connectivity index (χ0) is 45.7. The molecule has 3 aromatic carbocycles. The number of alkyl carbamates (subject to hydrolysis) is 1. The van der Waals surface area contributed by atoms with Gasteiger partial charge in [0.15, 0.2) is 18.3 Å². The van der Waals surface area contributed by atoms with Crippen LogP contribution < -0.4 is 10.1 Å². The van der Waals surface area contributed by atoms with Gasteiger partial charge in [-0.15, -0.1) is 11.8 Å². The monoisotopic (exact) mass is 916 g/mol. The summed E-state index contributed by atoms with van der Waals surface area (Å²) in [7, 11) is 0. The van der Waals surface area contributed by atoms with Gasteiger partial charge in [-0.1, -0.05) is 29.8 Å². The Morgan fingerprint density at radius 1 is 0.889 bits per heavy atom. The Labute approximate surface area is 375 Å². The number of rotatable bonds is 12. The van der Waals surface area contributed by atoms with Gasteiger partial charge >= 0.3 is 24.0 Å². The molecular weight excluding hydrogens is 862 g/mol. The number of amides is 1. The quantitative estimate of drug-likeness (QED) is 0.139. The third-order valence-electron chi connectivity index (χ3n) is 11.0. The van der Waals surface area contributed by atoms with Gasteiger partial charge in [0.05, 0.1) is 12.6 Å². The highest BCUT2D eigenvalue weighted by Gasteiger charge is 2.52. The van der Waals surface area contributed by atoms with Gasteiger partial charge < -0.3 is 38.5 Å². The number of benzene rings is 3. The minimum absolute atomic E-state index is 0.0335. The van der Waals surface area contributed by atoms with Crippen molar-refractivity contribution in [3.8, 4) is 5.75 Å². The molecule has 1 N–H and O–H groups in total. The van der Waals surface area contributed by atoms with E-state index >= 15 is 0 Å². The molecule has 0 saturated carbocycles. The van der Waals surface area contributed by atoms with E-state index in [4.69, 9.17) is 44.8 Å². The summed E-state index contributed by atoms with van der Waals surface area (Å²) in [5.74, 6) is -2.43. The van der Waals surface area contributed by atoms with Crippen LogP contribution in [0.4, 0.5) is 13.6 Å². The van der Waals surface area contributed by atoms with Crippen LogP contribution in [0.3, 0.4) is 0 Å². The number of carbonyl (C=O) groups excluding carboxylic acids is 4. The maximum atomic E-state index is 14.9. The lowest BCUT2D eigenvalue weighted by Gasteiger charge is -2.44. The second kappa shape index (κ2) is 20.6. The second-order valence-electron chi connectivity index (χ2n) is 17.1. The van der Waals surface area contributed by atoms with Gasteiger partial charge in [-0.2, -0.15) is 0 Å². The number of hydrogen-bond donors (Lipinski definition) is 1. The van der Waals surface area contributed by atoms with Crippen LogP contribution in [0, 0.1) is 18.6 Å². The third kappa shape index (κ3) is 12.4. The average molecular weight is 917 g/mol. The molecule has 63 heavy (non-hydrogen) atoms. The lowest BCUT2D eigenvalue weighted by atomic mass is 9.89. The third-order valence-corrected chi connectivity index (χ3v) is 12.2. The van der Waals surface area contributed by atoms with Crippen molar-refractivity contribution < 1.29 is 61.1 Å². The SMILES string of the molecule is CS[C@H]1O[C@@H](c2cc(Cc3ccc(O[C@@H]4CCN([C@H]5CO[C@H](c6cc(F)ccc6F)[C@@H](NC(=O)OC(C)(C)C)C5)C4)cc3)c(Cl)cc2C)[C@H](OC(C)=O)[C@@H](OC(C)=O)[C@@H]1OC(C)=O. The predicted molar refractivity (Wildman–Crippen MR) is 230 cm³/mol. The summed E-state index contributed by atoms with van der Waals surface area (Å²) in [6.07, 6.45) is -2.59. The second-order valence-corrected chi connectivity index (χ2v) is 18.4. The van der Waals surface area contributed by atoms with Gasteiger partial charge in [0.25, 0.3) is 0 Å². The molecule has 6 rings (SSSR count). The van der Waals surface area contributed by atoms with Crippen LogP contribution in [0.15, 0.2) is 54.6 Å². The fraction of sp³-hybridized carbons (Fsp3) is 0.522. The van der Waals surface area contributed by atoms with Gasteiger partial charge in [-0.3, -0.25) is 19.3 Å². The van der Waals surface area contributed by atoms with E-state index in [0.717, 1.165) is 41.3 Å². The summed E-state index contributed by atoms with van der Waals surface area (Å²) in [4.78, 5) is 51.9. The topological polar surface area (TPSA) is 148 Å². The number of hydrogen-bond acceptors (Lipinski definition) is 13. The molecular formula is C46H55ClF2N2O11S. The maximum absolute atomic E-state index is 14.9. The van der Waals surface area contributed by atoms with Gasteiger partial charge in [0.1, 0.15) is 46.7 Å². The molecule has 0 bridgehead atoms. The van der Waals surface area contributed by atoms with Gasteiger partial charge in [0.2, 0.25) is 0 Å². The zero-order valence-electron chi connectivity index (χ0n) is 36.6. The Hall–Kier alpha value is -4.48. The molecule has 0 aromatic heterocycles. The summed E-state index contributed by atoms with van der Waals surface area (Å²) >= 11 is 8.09. The van der Waals surface area contributed by atoms with Crippen molar-refractivity contribution in [2.24, 2.45) is 0 Å². The van der Waals surface area contributed by atoms with Crippen LogP contribution in [-0.2, 0) is 49.2 Å². The number of nitrogens with one attached hydrogen (secondary N) is 1. The lowest BCUT2D eigenvalue weighted by molar-refractivity contribution is -0.233. The number of nitrogens with zero attached hydrogens (tertiary/aromatic N) is 1. The number of ether oxygens (including phenoxy) is 7. The molecule has 3 fully saturated rings. The first-order valence-electron chi connectivity index (χ1n) is 20.8. The van der Waals surface area contributed by atoms with Crippen LogP contribution in [0.5, 0.6) is 5.75 Å². The number of esters is 3. The largest absolute Gasteiger partial charge is 0.489 e. The molecule has 3 heterocycles. The van der Waals surface area contributed by atoms with E-state index in [2.05, 4.69) is 10.2 Å². The number of thioether (sulfide) groups is 1. The molecule has 0 radical (unpaired) electrons. The number of aryl methyl sites for hydroxylation is 1. The van der Waals surface area contributed by atoms with Gasteiger partial charge in [0, 0.05) is 50.5 Å². The first-order chi connectivity index (χ1) is 29.8. The zero-order valence-corrected chi connectivity index (χ0v) is 38.2. The molecule has 3 saturated heterocycles. The molecule has 17 heteroatoms. The van der Waals surface area contributed by atoms with Crippen molar-refractivity contribution in [1.29, 1.82) is 0 Å². The van der Waals surface area contributed by atoms with Crippen molar-refractivity contribution in [2.45, 2.75) is 127 Å². The average Bonchev–Trinajstić information content (AvgIpc) is 3.66. The minimum Gasteiger partial charge on any atom is -0.489 e. The molecule has 1 amide bonds.